The van der Waals surface area contributed by atoms with Crippen molar-refractivity contribution in [3.05, 3.63) is 58.4 Å². The van der Waals surface area contributed by atoms with Gasteiger partial charge in [-0.2, -0.15) is 13.5 Å². The van der Waals surface area contributed by atoms with Gasteiger partial charge in [0.1, 0.15) is 0 Å². The molecule has 1 heterocycles. The van der Waals surface area contributed by atoms with Gasteiger partial charge in [0.2, 0.25) is 0 Å². The number of H-pyrrole nitrogens is 1. The number of nitrogens with one attached hydrogen (secondary N) is 1. The third kappa shape index (κ3) is 3.06. The minimum atomic E-state index is -4.16. The first kappa shape index (κ1) is 15.9. The molecule has 0 fully saturated rings. The third-order valence-corrected chi connectivity index (χ3v) is 4.73. The molecule has 0 aliphatic carbocycles. The number of hydrogen-bond donors (Lipinski definition) is 1. The predicted molar refractivity (Wildman–Crippen MR) is 79.8 cm³/mol. The Labute approximate surface area is 127 Å². The van der Waals surface area contributed by atoms with Gasteiger partial charge in [0.15, 0.2) is 5.03 Å². The van der Waals surface area contributed by atoms with Crippen molar-refractivity contribution in [2.24, 2.45) is 0 Å². The molecule has 1 amide bonds. The van der Waals surface area contributed by atoms with E-state index in [0.717, 1.165) is 16.4 Å². The van der Waals surface area contributed by atoms with Gasteiger partial charge in [0.05, 0.1) is 0 Å². The molecule has 0 aliphatic rings. The van der Waals surface area contributed by atoms with Crippen molar-refractivity contribution in [1.29, 1.82) is 0 Å². The van der Waals surface area contributed by atoms with Crippen LogP contribution < -0.4 is 5.56 Å². The van der Waals surface area contributed by atoms with E-state index in [0.29, 0.717) is 0 Å². The fraction of sp³-hybridized carbons (Fsp3) is 0.214. The first-order valence-electron chi connectivity index (χ1n) is 6.53. The van der Waals surface area contributed by atoms with Crippen molar-refractivity contribution in [1.82, 2.24) is 14.5 Å². The number of carbonyl (C=O) groups is 1. The molecule has 2 aromatic rings. The van der Waals surface area contributed by atoms with E-state index in [9.17, 15) is 18.0 Å². The van der Waals surface area contributed by atoms with Crippen LogP contribution in [0.2, 0.25) is 0 Å². The lowest BCUT2D eigenvalue weighted by Gasteiger charge is -2.25. The predicted octanol–water partition coefficient (Wildman–Crippen LogP) is 1.01. The van der Waals surface area contributed by atoms with Crippen LogP contribution in [0.25, 0.3) is 0 Å². The zero-order chi connectivity index (χ0) is 16.3. The highest BCUT2D eigenvalue weighted by Crippen LogP contribution is 2.18. The molecule has 0 saturated carbocycles. The van der Waals surface area contributed by atoms with Crippen LogP contribution >= 0.6 is 0 Å². The zero-order valence-electron chi connectivity index (χ0n) is 12.1. The molecule has 0 atom stereocenters. The zero-order valence-corrected chi connectivity index (χ0v) is 12.9. The molecule has 0 saturated heterocycles. The number of carbonyl (C=O) groups excluding carboxylic acids is 1. The van der Waals surface area contributed by atoms with Crippen LogP contribution in [0.4, 0.5) is 0 Å². The number of amides is 1. The molecule has 8 heteroatoms. The lowest BCUT2D eigenvalue weighted by atomic mass is 10.2. The number of rotatable bonds is 4. The molecular weight excluding hydrogens is 306 g/mol. The second-order valence-corrected chi connectivity index (χ2v) is 6.59. The molecule has 7 nitrogen and oxygen atoms in total. The van der Waals surface area contributed by atoms with Gasteiger partial charge in [-0.1, -0.05) is 18.2 Å². The Morgan fingerprint density at radius 2 is 1.77 bits per heavy atom. The van der Waals surface area contributed by atoms with Gasteiger partial charge in [0.25, 0.3) is 21.5 Å². The molecule has 1 N–H and O–H groups in total. The van der Waals surface area contributed by atoms with Crippen LogP contribution in [-0.2, 0) is 10.0 Å². The summed E-state index contributed by atoms with van der Waals surface area (Å²) in [6, 6.07) is 9.61. The Bertz CT molecular complexity index is 808. The maximum absolute atomic E-state index is 12.6. The van der Waals surface area contributed by atoms with E-state index >= 15 is 0 Å². The first-order chi connectivity index (χ1) is 10.3. The number of benzene rings is 1. The highest BCUT2D eigenvalue weighted by Gasteiger charge is 2.33. The monoisotopic (exact) mass is 321 g/mol. The summed E-state index contributed by atoms with van der Waals surface area (Å²) in [7, 11) is -4.16. The second kappa shape index (κ2) is 6.10. The molecule has 2 rings (SSSR count). The largest absolute Gasteiger partial charge is 0.286 e. The normalized spacial score (nSPS) is 11.4. The van der Waals surface area contributed by atoms with Crippen molar-refractivity contribution in [2.45, 2.75) is 24.9 Å². The third-order valence-electron chi connectivity index (χ3n) is 2.87. The Balaban J connectivity index is 2.50. The Morgan fingerprint density at radius 3 is 2.27 bits per heavy atom. The fourth-order valence-corrected chi connectivity index (χ4v) is 3.39. The van der Waals surface area contributed by atoms with Crippen molar-refractivity contribution in [3.63, 3.8) is 0 Å². The van der Waals surface area contributed by atoms with Crippen LogP contribution in [-0.4, -0.2) is 34.9 Å². The van der Waals surface area contributed by atoms with E-state index in [1.807, 2.05) is 0 Å². The summed E-state index contributed by atoms with van der Waals surface area (Å²) in [6.07, 6.45) is 0. The smallest absolute Gasteiger partial charge is 0.268 e. The lowest BCUT2D eigenvalue weighted by Crippen LogP contribution is -2.42. The quantitative estimate of drug-likeness (QED) is 0.906. The van der Waals surface area contributed by atoms with Crippen LogP contribution in [0.3, 0.4) is 0 Å². The summed E-state index contributed by atoms with van der Waals surface area (Å²) in [4.78, 5) is 23.5. The Hall–Kier alpha value is -2.48. The fourth-order valence-electron chi connectivity index (χ4n) is 1.91. The van der Waals surface area contributed by atoms with Gasteiger partial charge in [-0.15, -0.1) is 0 Å². The molecule has 1 aromatic carbocycles. The number of aromatic amines is 1. The van der Waals surface area contributed by atoms with E-state index in [2.05, 4.69) is 10.2 Å². The first-order valence-corrected chi connectivity index (χ1v) is 7.97. The average molecular weight is 321 g/mol. The molecule has 0 aliphatic heterocycles. The van der Waals surface area contributed by atoms with Crippen molar-refractivity contribution in [2.75, 3.05) is 0 Å². The number of sulfonamides is 1. The molecule has 0 radical (unpaired) electrons. The SMILES string of the molecule is CC(C)N(C(=O)c1ccccc1)S(=O)(=O)c1ccc(=O)[nH]n1. The van der Waals surface area contributed by atoms with Gasteiger partial charge < -0.3 is 0 Å². The summed E-state index contributed by atoms with van der Waals surface area (Å²) < 4.78 is 26.0. The highest BCUT2D eigenvalue weighted by atomic mass is 32.2. The van der Waals surface area contributed by atoms with E-state index < -0.39 is 27.5 Å². The lowest BCUT2D eigenvalue weighted by molar-refractivity contribution is 0.0835. The van der Waals surface area contributed by atoms with E-state index in [1.165, 1.54) is 12.1 Å². The standard InChI is InChI=1S/C14H15N3O4S/c1-10(2)17(14(19)11-6-4-3-5-7-11)22(20,21)13-9-8-12(18)15-16-13/h3-10H,1-2H3,(H,15,18). The van der Waals surface area contributed by atoms with Crippen molar-refractivity contribution >= 4 is 15.9 Å². The van der Waals surface area contributed by atoms with Gasteiger partial charge >= 0.3 is 0 Å². The second-order valence-electron chi connectivity index (χ2n) is 4.83. The van der Waals surface area contributed by atoms with Crippen molar-refractivity contribution < 1.29 is 13.2 Å². The number of nitrogens with zero attached hydrogens (tertiary/aromatic N) is 2. The maximum Gasteiger partial charge on any atom is 0.286 e. The van der Waals surface area contributed by atoms with Gasteiger partial charge in [0, 0.05) is 17.7 Å². The molecule has 0 spiro atoms. The van der Waals surface area contributed by atoms with Crippen molar-refractivity contribution in [3.8, 4) is 0 Å². The molecule has 1 aromatic heterocycles. The molecular formula is C14H15N3O4S. The topological polar surface area (TPSA) is 100 Å². The summed E-state index contributed by atoms with van der Waals surface area (Å²) in [5.41, 5.74) is -0.270. The summed E-state index contributed by atoms with van der Waals surface area (Å²) in [6.45, 7) is 3.17. The number of hydrogen-bond acceptors (Lipinski definition) is 5. The Morgan fingerprint density at radius 1 is 1.14 bits per heavy atom. The average Bonchev–Trinajstić information content (AvgIpc) is 2.48. The molecule has 0 unspecified atom stereocenters. The van der Waals surface area contributed by atoms with E-state index in [4.69, 9.17) is 0 Å². The van der Waals surface area contributed by atoms with Gasteiger partial charge in [-0.3, -0.25) is 9.59 Å². The maximum atomic E-state index is 12.6. The Kier molecular flexibility index (Phi) is 4.41. The van der Waals surface area contributed by atoms with Crippen LogP contribution in [0.15, 0.2) is 52.3 Å². The van der Waals surface area contributed by atoms with Crippen LogP contribution in [0.5, 0.6) is 0 Å². The minimum absolute atomic E-state index is 0.254. The highest BCUT2D eigenvalue weighted by molar-refractivity contribution is 7.89. The molecule has 0 bridgehead atoms. The van der Waals surface area contributed by atoms with E-state index in [-0.39, 0.29) is 10.6 Å². The van der Waals surface area contributed by atoms with E-state index in [1.54, 1.807) is 32.0 Å². The van der Waals surface area contributed by atoms with Crippen LogP contribution in [0, 0.1) is 0 Å². The van der Waals surface area contributed by atoms with Crippen LogP contribution in [0.1, 0.15) is 24.2 Å². The molecule has 116 valence electrons. The van der Waals surface area contributed by atoms with Gasteiger partial charge in [-0.25, -0.2) is 9.40 Å². The van der Waals surface area contributed by atoms with Gasteiger partial charge in [-0.05, 0) is 32.0 Å². The summed E-state index contributed by atoms with van der Waals surface area (Å²) in [5, 5.41) is 5.18. The number of aromatic nitrogens is 2. The summed E-state index contributed by atoms with van der Waals surface area (Å²) >= 11 is 0. The summed E-state index contributed by atoms with van der Waals surface area (Å²) in [5.74, 6) is -0.649. The molecule has 22 heavy (non-hydrogen) atoms. The minimum Gasteiger partial charge on any atom is -0.268 e.